The van der Waals surface area contributed by atoms with E-state index in [2.05, 4.69) is 15.4 Å². The molecule has 1 aliphatic heterocycles. The van der Waals surface area contributed by atoms with E-state index in [9.17, 15) is 8.78 Å². The van der Waals surface area contributed by atoms with Crippen LogP contribution in [0.5, 0.6) is 5.75 Å². The van der Waals surface area contributed by atoms with Crippen molar-refractivity contribution in [2.24, 2.45) is 4.99 Å². The second-order valence-corrected chi connectivity index (χ2v) is 6.52. The first-order valence-corrected chi connectivity index (χ1v) is 9.16. The highest BCUT2D eigenvalue weighted by Gasteiger charge is 2.27. The van der Waals surface area contributed by atoms with Gasteiger partial charge in [0.2, 0.25) is 0 Å². The van der Waals surface area contributed by atoms with Crippen LogP contribution in [0.1, 0.15) is 25.1 Å². The van der Waals surface area contributed by atoms with E-state index in [0.29, 0.717) is 29.2 Å². The van der Waals surface area contributed by atoms with Crippen molar-refractivity contribution in [1.82, 2.24) is 9.78 Å². The molecule has 1 atom stereocenters. The van der Waals surface area contributed by atoms with Crippen LogP contribution in [0.2, 0.25) is 0 Å². The van der Waals surface area contributed by atoms with Crippen molar-refractivity contribution in [1.29, 1.82) is 0 Å². The van der Waals surface area contributed by atoms with Crippen molar-refractivity contribution in [3.05, 3.63) is 59.8 Å². The highest BCUT2D eigenvalue weighted by atomic mass is 19.1. The molecule has 0 bridgehead atoms. The molecule has 1 N–H and O–H groups in total. The van der Waals surface area contributed by atoms with Crippen molar-refractivity contribution in [2.45, 2.75) is 19.6 Å². The fraction of sp³-hybridized carbons (Fsp3) is 0.238. The second-order valence-electron chi connectivity index (χ2n) is 6.52. The van der Waals surface area contributed by atoms with Gasteiger partial charge in [-0.3, -0.25) is 0 Å². The smallest absolute Gasteiger partial charge is 0.150 e. The molecule has 1 unspecified atom stereocenters. The SMILES string of the molecule is CCC(OC)n1ncc2c1-c1ccc(OC)cc1N=C(c1c(F)cccc1F)N2. The van der Waals surface area contributed by atoms with E-state index in [4.69, 9.17) is 9.47 Å². The van der Waals surface area contributed by atoms with Gasteiger partial charge in [-0.15, -0.1) is 0 Å². The third kappa shape index (κ3) is 3.25. The minimum atomic E-state index is -0.708. The van der Waals surface area contributed by atoms with Crippen LogP contribution in [0.3, 0.4) is 0 Å². The normalized spacial score (nSPS) is 13.6. The summed E-state index contributed by atoms with van der Waals surface area (Å²) in [5.74, 6) is -0.784. The Kier molecular flexibility index (Phi) is 5.02. The van der Waals surface area contributed by atoms with E-state index in [1.165, 1.54) is 18.2 Å². The van der Waals surface area contributed by atoms with Crippen molar-refractivity contribution < 1.29 is 18.3 Å². The maximum atomic E-state index is 14.5. The quantitative estimate of drug-likeness (QED) is 0.664. The van der Waals surface area contributed by atoms with E-state index in [1.807, 2.05) is 13.0 Å². The Bertz CT molecular complexity index is 1070. The molecule has 6 nitrogen and oxygen atoms in total. The number of nitrogens with zero attached hydrogens (tertiary/aromatic N) is 3. The van der Waals surface area contributed by atoms with Gasteiger partial charge in [0.15, 0.2) is 0 Å². The highest BCUT2D eigenvalue weighted by Crippen LogP contribution is 2.41. The summed E-state index contributed by atoms with van der Waals surface area (Å²) in [4.78, 5) is 4.54. The van der Waals surface area contributed by atoms with Gasteiger partial charge in [-0.25, -0.2) is 18.5 Å². The second kappa shape index (κ2) is 7.63. The van der Waals surface area contributed by atoms with Crippen LogP contribution in [-0.4, -0.2) is 29.8 Å². The summed E-state index contributed by atoms with van der Waals surface area (Å²) in [6.45, 7) is 1.98. The van der Waals surface area contributed by atoms with Crippen LogP contribution in [0, 0.1) is 11.6 Å². The lowest BCUT2D eigenvalue weighted by Crippen LogP contribution is -2.17. The zero-order valence-corrected chi connectivity index (χ0v) is 16.2. The van der Waals surface area contributed by atoms with Crippen LogP contribution in [-0.2, 0) is 4.74 Å². The zero-order valence-electron chi connectivity index (χ0n) is 16.2. The lowest BCUT2D eigenvalue weighted by Gasteiger charge is -2.18. The van der Waals surface area contributed by atoms with E-state index in [0.717, 1.165) is 5.56 Å². The van der Waals surface area contributed by atoms with Gasteiger partial charge in [0, 0.05) is 18.7 Å². The molecule has 1 aromatic heterocycles. The Morgan fingerprint density at radius 1 is 1.14 bits per heavy atom. The first-order valence-electron chi connectivity index (χ1n) is 9.16. The molecule has 150 valence electrons. The monoisotopic (exact) mass is 398 g/mol. The van der Waals surface area contributed by atoms with Gasteiger partial charge in [0.25, 0.3) is 0 Å². The number of nitrogens with one attached hydrogen (secondary N) is 1. The number of anilines is 1. The fourth-order valence-electron chi connectivity index (χ4n) is 3.43. The van der Waals surface area contributed by atoms with Crippen LogP contribution in [0.4, 0.5) is 20.2 Å². The van der Waals surface area contributed by atoms with E-state index in [-0.39, 0.29) is 17.6 Å². The number of ether oxygens (including phenoxy) is 2. The summed E-state index contributed by atoms with van der Waals surface area (Å²) in [5.41, 5.74) is 2.30. The molecule has 2 aromatic carbocycles. The molecular weight excluding hydrogens is 378 g/mol. The number of hydrogen-bond donors (Lipinski definition) is 1. The van der Waals surface area contributed by atoms with Crippen molar-refractivity contribution in [3.63, 3.8) is 0 Å². The molecule has 0 saturated carbocycles. The van der Waals surface area contributed by atoms with Gasteiger partial charge in [-0.1, -0.05) is 13.0 Å². The minimum Gasteiger partial charge on any atom is -0.497 e. The van der Waals surface area contributed by atoms with Crippen molar-refractivity contribution >= 4 is 17.2 Å². The van der Waals surface area contributed by atoms with Crippen LogP contribution >= 0.6 is 0 Å². The number of halogens is 2. The molecule has 0 radical (unpaired) electrons. The Balaban J connectivity index is 1.98. The predicted molar refractivity (Wildman–Crippen MR) is 107 cm³/mol. The maximum absolute atomic E-state index is 14.5. The Morgan fingerprint density at radius 3 is 2.55 bits per heavy atom. The predicted octanol–water partition coefficient (Wildman–Crippen LogP) is 4.90. The molecule has 8 heteroatoms. The molecular formula is C21H20F2N4O2. The minimum absolute atomic E-state index is 0.0545. The lowest BCUT2D eigenvalue weighted by atomic mass is 10.1. The van der Waals surface area contributed by atoms with Gasteiger partial charge in [0.1, 0.15) is 29.4 Å². The average Bonchev–Trinajstić information content (AvgIpc) is 3.04. The molecule has 4 rings (SSSR count). The van der Waals surface area contributed by atoms with E-state index >= 15 is 0 Å². The van der Waals surface area contributed by atoms with Crippen LogP contribution in [0.15, 0.2) is 47.6 Å². The highest BCUT2D eigenvalue weighted by molar-refractivity contribution is 6.13. The molecule has 29 heavy (non-hydrogen) atoms. The topological polar surface area (TPSA) is 60.7 Å². The number of hydrogen-bond acceptors (Lipinski definition) is 5. The number of aromatic nitrogens is 2. The number of amidine groups is 1. The lowest BCUT2D eigenvalue weighted by molar-refractivity contribution is 0.0324. The molecule has 3 aromatic rings. The fourth-order valence-corrected chi connectivity index (χ4v) is 3.43. The summed E-state index contributed by atoms with van der Waals surface area (Å²) in [5, 5.41) is 7.51. The van der Waals surface area contributed by atoms with Gasteiger partial charge in [0.05, 0.1) is 35.9 Å². The van der Waals surface area contributed by atoms with Crippen LogP contribution < -0.4 is 10.1 Å². The largest absolute Gasteiger partial charge is 0.497 e. The maximum Gasteiger partial charge on any atom is 0.150 e. The molecule has 0 aliphatic carbocycles. The number of methoxy groups -OCH3 is 2. The van der Waals surface area contributed by atoms with Gasteiger partial charge >= 0.3 is 0 Å². The summed E-state index contributed by atoms with van der Waals surface area (Å²) in [6.07, 6.45) is 1.98. The van der Waals surface area contributed by atoms with Gasteiger partial charge < -0.3 is 14.8 Å². The molecule has 0 amide bonds. The number of rotatable bonds is 5. The summed E-state index contributed by atoms with van der Waals surface area (Å²) < 4.78 is 41.6. The van der Waals surface area contributed by atoms with Gasteiger partial charge in [-0.2, -0.15) is 5.10 Å². The van der Waals surface area contributed by atoms with Crippen LogP contribution in [0.25, 0.3) is 11.3 Å². The zero-order chi connectivity index (χ0) is 20.5. The number of fused-ring (bicyclic) bond motifs is 3. The molecule has 0 fully saturated rings. The van der Waals surface area contributed by atoms with Crippen molar-refractivity contribution in [2.75, 3.05) is 19.5 Å². The summed E-state index contributed by atoms with van der Waals surface area (Å²) in [6, 6.07) is 9.08. The Hall–Kier alpha value is -3.26. The first-order chi connectivity index (χ1) is 14.1. The number of benzene rings is 2. The Labute approximate surface area is 166 Å². The third-order valence-corrected chi connectivity index (χ3v) is 4.83. The summed E-state index contributed by atoms with van der Waals surface area (Å²) in [7, 11) is 3.16. The standard InChI is InChI=1S/C21H20F2N4O2/c1-4-18(29-3)27-20-13-9-8-12(28-2)10-16(13)25-21(26-17(20)11-24-27)19-14(22)6-5-7-15(19)23/h5-11,18H,4H2,1-3H3,(H,25,26). The Morgan fingerprint density at radius 2 is 1.90 bits per heavy atom. The van der Waals surface area contributed by atoms with Gasteiger partial charge in [-0.05, 0) is 30.7 Å². The van der Waals surface area contributed by atoms with E-state index < -0.39 is 11.6 Å². The average molecular weight is 398 g/mol. The molecule has 0 saturated heterocycles. The summed E-state index contributed by atoms with van der Waals surface area (Å²) >= 11 is 0. The number of aliphatic imine (C=N–C) groups is 1. The van der Waals surface area contributed by atoms with Crippen molar-refractivity contribution in [3.8, 4) is 17.0 Å². The third-order valence-electron chi connectivity index (χ3n) is 4.83. The molecule has 0 spiro atoms. The molecule has 2 heterocycles. The van der Waals surface area contributed by atoms with E-state index in [1.54, 1.807) is 37.2 Å². The first kappa shape index (κ1) is 19.1. The molecule has 1 aliphatic rings.